The minimum atomic E-state index is -4.08. The lowest BCUT2D eigenvalue weighted by atomic mass is 10.2. The maximum atomic E-state index is 12.7. The van der Waals surface area contributed by atoms with Gasteiger partial charge in [0.2, 0.25) is 5.91 Å². The standard InChI is InChI=1S/C17H13Br2N3O4S2/c1-10-16(23)21-17(27-10)22-20-9-11-4-2-3-5-14(11)26-28(24,25)15-8-12(18)6-7-13(15)19/h2-10H,1H3,(H,21,22,23)/t10-/m1/s1. The number of amidine groups is 1. The van der Waals surface area contributed by atoms with E-state index >= 15 is 0 Å². The summed E-state index contributed by atoms with van der Waals surface area (Å²) in [6, 6.07) is 11.3. The zero-order valence-corrected chi connectivity index (χ0v) is 19.1. The lowest BCUT2D eigenvalue weighted by Gasteiger charge is -2.10. The van der Waals surface area contributed by atoms with Gasteiger partial charge in [0.25, 0.3) is 0 Å². The minimum Gasteiger partial charge on any atom is -0.378 e. The third kappa shape index (κ3) is 5.02. The Morgan fingerprint density at radius 2 is 1.96 bits per heavy atom. The van der Waals surface area contributed by atoms with E-state index in [0.717, 1.165) is 0 Å². The van der Waals surface area contributed by atoms with E-state index in [1.54, 1.807) is 37.3 Å². The van der Waals surface area contributed by atoms with Crippen LogP contribution in [0.15, 0.2) is 66.5 Å². The van der Waals surface area contributed by atoms with E-state index in [2.05, 4.69) is 47.4 Å². The van der Waals surface area contributed by atoms with Crippen molar-refractivity contribution < 1.29 is 17.4 Å². The van der Waals surface area contributed by atoms with E-state index in [0.29, 0.717) is 19.7 Å². The first kappa shape index (κ1) is 21.0. The Kier molecular flexibility index (Phi) is 6.58. The van der Waals surface area contributed by atoms with Gasteiger partial charge in [-0.1, -0.05) is 39.8 Å². The van der Waals surface area contributed by atoms with Crippen molar-refractivity contribution in [1.29, 1.82) is 0 Å². The van der Waals surface area contributed by atoms with Crippen LogP contribution < -0.4 is 9.50 Å². The molecule has 1 N–H and O–H groups in total. The van der Waals surface area contributed by atoms with Gasteiger partial charge in [0.1, 0.15) is 4.90 Å². The smallest absolute Gasteiger partial charge is 0.340 e. The molecular weight excluding hydrogens is 534 g/mol. The molecule has 0 bridgehead atoms. The molecule has 1 atom stereocenters. The second-order valence-corrected chi connectivity index (χ2v) is 10.2. The number of rotatable bonds is 5. The number of carbonyl (C=O) groups excluding carboxylic acids is 1. The fourth-order valence-electron chi connectivity index (χ4n) is 2.14. The van der Waals surface area contributed by atoms with Crippen molar-refractivity contribution in [3.05, 3.63) is 57.0 Å². The summed E-state index contributed by atoms with van der Waals surface area (Å²) >= 11 is 7.74. The average Bonchev–Trinajstić information content (AvgIpc) is 2.96. The molecule has 146 valence electrons. The number of benzene rings is 2. The van der Waals surface area contributed by atoms with E-state index in [9.17, 15) is 13.2 Å². The van der Waals surface area contributed by atoms with Gasteiger partial charge in [-0.3, -0.25) is 4.79 Å². The number of amides is 1. The van der Waals surface area contributed by atoms with E-state index < -0.39 is 10.1 Å². The molecule has 3 rings (SSSR count). The summed E-state index contributed by atoms with van der Waals surface area (Å²) in [7, 11) is -4.08. The molecule has 1 heterocycles. The van der Waals surface area contributed by atoms with Crippen molar-refractivity contribution in [2.45, 2.75) is 17.1 Å². The highest BCUT2D eigenvalue weighted by atomic mass is 79.9. The van der Waals surface area contributed by atoms with Crippen molar-refractivity contribution in [1.82, 2.24) is 5.32 Å². The van der Waals surface area contributed by atoms with Crippen molar-refractivity contribution in [3.63, 3.8) is 0 Å². The second-order valence-electron chi connectivity index (χ2n) is 5.55. The van der Waals surface area contributed by atoms with Crippen LogP contribution >= 0.6 is 43.6 Å². The van der Waals surface area contributed by atoms with Crippen LogP contribution in [0.25, 0.3) is 0 Å². The zero-order valence-electron chi connectivity index (χ0n) is 14.3. The molecule has 0 saturated carbocycles. The number of hydrogen-bond donors (Lipinski definition) is 1. The van der Waals surface area contributed by atoms with Crippen LogP contribution in [0.1, 0.15) is 12.5 Å². The summed E-state index contributed by atoms with van der Waals surface area (Å²) in [5.74, 6) is -0.0248. The molecule has 1 aliphatic rings. The van der Waals surface area contributed by atoms with Gasteiger partial charge < -0.3 is 9.50 Å². The van der Waals surface area contributed by atoms with Gasteiger partial charge in [-0.05, 0) is 53.2 Å². The number of nitrogens with one attached hydrogen (secondary N) is 1. The van der Waals surface area contributed by atoms with E-state index in [1.807, 2.05) is 0 Å². The molecular formula is C17H13Br2N3O4S2. The molecule has 0 aliphatic carbocycles. The van der Waals surface area contributed by atoms with Gasteiger partial charge in [-0.25, -0.2) is 0 Å². The van der Waals surface area contributed by atoms with Gasteiger partial charge in [-0.15, -0.1) is 5.10 Å². The second kappa shape index (κ2) is 8.76. The lowest BCUT2D eigenvalue weighted by molar-refractivity contribution is -0.118. The Balaban J connectivity index is 1.84. The summed E-state index contributed by atoms with van der Waals surface area (Å²) in [4.78, 5) is 11.4. The van der Waals surface area contributed by atoms with Crippen LogP contribution in [-0.4, -0.2) is 31.0 Å². The number of halogens is 2. The monoisotopic (exact) mass is 545 g/mol. The van der Waals surface area contributed by atoms with Crippen molar-refractivity contribution in [2.24, 2.45) is 10.2 Å². The first-order valence-corrected chi connectivity index (χ1v) is 11.7. The highest BCUT2D eigenvalue weighted by molar-refractivity contribution is 9.11. The van der Waals surface area contributed by atoms with Gasteiger partial charge in [0, 0.05) is 14.5 Å². The van der Waals surface area contributed by atoms with Gasteiger partial charge in [0.05, 0.1) is 11.5 Å². The molecule has 2 aromatic rings. The summed E-state index contributed by atoms with van der Waals surface area (Å²) in [6.07, 6.45) is 1.36. The van der Waals surface area contributed by atoms with Crippen molar-refractivity contribution in [3.8, 4) is 5.75 Å². The summed E-state index contributed by atoms with van der Waals surface area (Å²) in [5.41, 5.74) is 0.420. The molecule has 1 aliphatic heterocycles. The van der Waals surface area contributed by atoms with Crippen LogP contribution in [0.5, 0.6) is 5.75 Å². The third-order valence-corrected chi connectivity index (χ3v) is 7.21. The molecule has 0 unspecified atom stereocenters. The molecule has 0 radical (unpaired) electrons. The van der Waals surface area contributed by atoms with E-state index in [1.165, 1.54) is 30.1 Å². The van der Waals surface area contributed by atoms with E-state index in [-0.39, 0.29) is 21.8 Å². The Hall–Kier alpha value is -1.69. The molecule has 7 nitrogen and oxygen atoms in total. The molecule has 28 heavy (non-hydrogen) atoms. The fraction of sp³-hybridized carbons (Fsp3) is 0.118. The Bertz CT molecular complexity index is 1090. The lowest BCUT2D eigenvalue weighted by Crippen LogP contribution is -2.23. The number of nitrogens with zero attached hydrogens (tertiary/aromatic N) is 2. The predicted molar refractivity (Wildman–Crippen MR) is 116 cm³/mol. The first-order valence-electron chi connectivity index (χ1n) is 7.83. The maximum absolute atomic E-state index is 12.7. The topological polar surface area (TPSA) is 97.2 Å². The molecule has 1 amide bonds. The summed E-state index contributed by atoms with van der Waals surface area (Å²) < 4.78 is 31.7. The highest BCUT2D eigenvalue weighted by Gasteiger charge is 2.26. The number of carbonyl (C=O) groups is 1. The SMILES string of the molecule is C[C@H]1SC(=NN=Cc2ccccc2OS(=O)(=O)c2cc(Br)ccc2Br)NC1=O. The Morgan fingerprint density at radius 3 is 2.68 bits per heavy atom. The van der Waals surface area contributed by atoms with Gasteiger partial charge in [0.15, 0.2) is 10.9 Å². The van der Waals surface area contributed by atoms with Gasteiger partial charge >= 0.3 is 10.1 Å². The zero-order chi connectivity index (χ0) is 20.3. The third-order valence-electron chi connectivity index (χ3n) is 3.51. The predicted octanol–water partition coefficient (Wildman–Crippen LogP) is 3.92. The maximum Gasteiger partial charge on any atom is 0.340 e. The average molecular weight is 547 g/mol. The number of thioether (sulfide) groups is 1. The molecule has 0 aromatic heterocycles. The minimum absolute atomic E-state index is 0.00656. The van der Waals surface area contributed by atoms with Crippen molar-refractivity contribution in [2.75, 3.05) is 0 Å². The largest absolute Gasteiger partial charge is 0.378 e. The highest BCUT2D eigenvalue weighted by Crippen LogP contribution is 2.29. The summed E-state index contributed by atoms with van der Waals surface area (Å²) in [5, 5.41) is 10.6. The molecule has 11 heteroatoms. The van der Waals surface area contributed by atoms with Crippen LogP contribution in [0.4, 0.5) is 0 Å². The van der Waals surface area contributed by atoms with Crippen LogP contribution in [0.2, 0.25) is 0 Å². The Labute approximate surface area is 183 Å². The molecule has 0 spiro atoms. The van der Waals surface area contributed by atoms with E-state index in [4.69, 9.17) is 4.18 Å². The number of hydrogen-bond acceptors (Lipinski definition) is 7. The molecule has 1 fully saturated rings. The molecule has 2 aromatic carbocycles. The quantitative estimate of drug-likeness (QED) is 0.348. The van der Waals surface area contributed by atoms with Crippen LogP contribution in [-0.2, 0) is 14.9 Å². The normalized spacial score (nSPS) is 18.6. The first-order chi connectivity index (χ1) is 13.3. The van der Waals surface area contributed by atoms with Crippen molar-refractivity contribution >= 4 is 71.0 Å². The summed E-state index contributed by atoms with van der Waals surface area (Å²) in [6.45, 7) is 1.76. The van der Waals surface area contributed by atoms with Crippen LogP contribution in [0.3, 0.4) is 0 Å². The van der Waals surface area contributed by atoms with Crippen LogP contribution in [0, 0.1) is 0 Å². The Morgan fingerprint density at radius 1 is 1.21 bits per heavy atom. The fourth-order valence-corrected chi connectivity index (χ4v) is 5.31. The molecule has 1 saturated heterocycles. The number of para-hydroxylation sites is 1. The van der Waals surface area contributed by atoms with Gasteiger partial charge in [-0.2, -0.15) is 13.5 Å².